The molecule has 172 valence electrons. The zero-order valence-corrected chi connectivity index (χ0v) is 24.5. The van der Waals surface area contributed by atoms with Gasteiger partial charge in [-0.2, -0.15) is 52.6 Å². The van der Waals surface area contributed by atoms with Gasteiger partial charge in [0.1, 0.15) is 0 Å². The summed E-state index contributed by atoms with van der Waals surface area (Å²) in [6, 6.07) is 22.8. The maximum absolute atomic E-state index is 3.30. The van der Waals surface area contributed by atoms with Crippen LogP contribution in [-0.4, -0.2) is 3.21 Å². The van der Waals surface area contributed by atoms with E-state index < -0.39 is 0 Å². The molecular weight excluding hydrogens is 510 g/mol. The summed E-state index contributed by atoms with van der Waals surface area (Å²) < 4.78 is 1.51. The van der Waals surface area contributed by atoms with E-state index in [0.29, 0.717) is 5.41 Å². The standard InChI is InChI=1S/C13H9.C13H21.C3H6.2ClH.Zr/c1-3-7-12-10(5-1)9-11-6-2-4-8-13(11)12;1-6-10-8-11(7-2)12(9-10)13(3,4)5;1-3-2;;;/h1-5,7-8H,9H2;8-9H,6-7H2,1-5H3;1-2H3;2*1H;/q2*-1;;;;+2/p-2. The predicted molar refractivity (Wildman–Crippen MR) is 129 cm³/mol. The van der Waals surface area contributed by atoms with Crippen LogP contribution in [0.15, 0.2) is 54.6 Å². The maximum Gasteiger partial charge on any atom is -0.0253 e. The number of benzene rings is 2. The molecule has 0 N–H and O–H groups in total. The summed E-state index contributed by atoms with van der Waals surface area (Å²) in [5.74, 6) is 0. The molecule has 0 unspecified atom stereocenters. The molecule has 0 nitrogen and oxygen atoms in total. The van der Waals surface area contributed by atoms with Gasteiger partial charge in [0.25, 0.3) is 0 Å². The van der Waals surface area contributed by atoms with Crippen molar-refractivity contribution in [2.75, 3.05) is 0 Å². The minimum Gasteiger partial charge on any atom is -1.00 e. The van der Waals surface area contributed by atoms with Crippen LogP contribution in [0.5, 0.6) is 0 Å². The smallest absolute Gasteiger partial charge is 0.0253 e. The minimum atomic E-state index is 0. The van der Waals surface area contributed by atoms with E-state index in [1.165, 1.54) is 42.2 Å². The van der Waals surface area contributed by atoms with Gasteiger partial charge in [0.15, 0.2) is 0 Å². The molecule has 0 atom stereocenters. The van der Waals surface area contributed by atoms with Crippen molar-refractivity contribution in [1.29, 1.82) is 0 Å². The summed E-state index contributed by atoms with van der Waals surface area (Å²) in [7, 11) is 0. The van der Waals surface area contributed by atoms with Crippen molar-refractivity contribution >= 4 is 3.21 Å². The molecule has 1 aliphatic rings. The van der Waals surface area contributed by atoms with Crippen LogP contribution in [0.1, 0.15) is 76.3 Å². The van der Waals surface area contributed by atoms with Gasteiger partial charge >= 0.3 is 41.3 Å². The molecule has 3 heteroatoms. The van der Waals surface area contributed by atoms with E-state index in [9.17, 15) is 0 Å². The van der Waals surface area contributed by atoms with Crippen molar-refractivity contribution in [2.24, 2.45) is 0 Å². The molecule has 0 saturated carbocycles. The fourth-order valence-electron chi connectivity index (χ4n) is 3.81. The molecule has 0 heterocycles. The molecule has 0 aliphatic heterocycles. The first-order valence-corrected chi connectivity index (χ1v) is 12.3. The largest absolute Gasteiger partial charge is 1.00 e. The van der Waals surface area contributed by atoms with Crippen molar-refractivity contribution in [1.82, 2.24) is 0 Å². The summed E-state index contributed by atoms with van der Waals surface area (Å²) in [5, 5.41) is 0. The van der Waals surface area contributed by atoms with Crippen molar-refractivity contribution < 1.29 is 49.0 Å². The third kappa shape index (κ3) is 8.81. The zero-order chi connectivity index (χ0) is 22.3. The Bertz CT molecular complexity index is 929. The van der Waals surface area contributed by atoms with Gasteiger partial charge in [-0.15, -0.1) is 5.56 Å². The van der Waals surface area contributed by atoms with Crippen LogP contribution in [-0.2, 0) is 48.9 Å². The minimum absolute atomic E-state index is 0. The van der Waals surface area contributed by atoms with Gasteiger partial charge in [0.2, 0.25) is 0 Å². The molecule has 0 aromatic heterocycles. The summed E-state index contributed by atoms with van der Waals surface area (Å²) in [6.45, 7) is 15.6. The van der Waals surface area contributed by atoms with Gasteiger partial charge in [-0.3, -0.25) is 0 Å². The van der Waals surface area contributed by atoms with Gasteiger partial charge in [-0.1, -0.05) is 88.3 Å². The van der Waals surface area contributed by atoms with Gasteiger partial charge in [0, 0.05) is 0 Å². The van der Waals surface area contributed by atoms with E-state index in [1.807, 2.05) is 6.07 Å². The molecule has 3 aromatic carbocycles. The number of hydrogen-bond acceptors (Lipinski definition) is 0. The SMILES string of the molecule is CCc1cc(C(C)(C)C)c(CC)[cH-]1.C[C](C)=[Zr+2].[Cl-].[Cl-].[c-]1cccc2c1Cc1ccccc1-2. The molecule has 32 heavy (non-hydrogen) atoms. The summed E-state index contributed by atoms with van der Waals surface area (Å²) >= 11 is 1.55. The Hall–Kier alpha value is -0.877. The third-order valence-corrected chi connectivity index (χ3v) is 5.25. The van der Waals surface area contributed by atoms with E-state index in [1.54, 1.807) is 24.2 Å². The van der Waals surface area contributed by atoms with Gasteiger partial charge in [-0.25, -0.2) is 6.07 Å². The number of halogens is 2. The molecular formula is C29H36Cl2Zr-2. The predicted octanol–water partition coefficient (Wildman–Crippen LogP) is 1.64. The molecule has 0 fully saturated rings. The van der Waals surface area contributed by atoms with Crippen LogP contribution in [0.25, 0.3) is 11.1 Å². The Kier molecular flexibility index (Phi) is 14.0. The fourth-order valence-corrected chi connectivity index (χ4v) is 3.81. The summed E-state index contributed by atoms with van der Waals surface area (Å²) in [5.41, 5.74) is 10.4. The Morgan fingerprint density at radius 2 is 1.56 bits per heavy atom. The zero-order valence-electron chi connectivity index (χ0n) is 20.6. The van der Waals surface area contributed by atoms with E-state index in [0.717, 1.165) is 19.3 Å². The quantitative estimate of drug-likeness (QED) is 0.336. The van der Waals surface area contributed by atoms with E-state index >= 15 is 0 Å². The van der Waals surface area contributed by atoms with E-state index in [4.69, 9.17) is 0 Å². The number of fused-ring (bicyclic) bond motifs is 3. The van der Waals surface area contributed by atoms with Gasteiger partial charge in [-0.05, 0) is 6.42 Å². The van der Waals surface area contributed by atoms with Crippen molar-refractivity contribution in [2.45, 2.75) is 73.1 Å². The summed E-state index contributed by atoms with van der Waals surface area (Å²) in [6.07, 6.45) is 3.36. The van der Waals surface area contributed by atoms with Crippen LogP contribution >= 0.6 is 0 Å². The topological polar surface area (TPSA) is 0 Å². The van der Waals surface area contributed by atoms with Crippen LogP contribution in [0.3, 0.4) is 0 Å². The molecule has 0 amide bonds. The third-order valence-electron chi connectivity index (χ3n) is 5.25. The first kappa shape index (κ1) is 31.1. The van der Waals surface area contributed by atoms with Gasteiger partial charge < -0.3 is 24.8 Å². The van der Waals surface area contributed by atoms with Crippen molar-refractivity contribution in [3.63, 3.8) is 0 Å². The fraction of sp³-hybridized carbons (Fsp3) is 0.379. The van der Waals surface area contributed by atoms with Crippen LogP contribution in [0.2, 0.25) is 0 Å². The average Bonchev–Trinajstić information content (AvgIpc) is 3.29. The van der Waals surface area contributed by atoms with E-state index in [-0.39, 0.29) is 24.8 Å². The Morgan fingerprint density at radius 3 is 2.09 bits per heavy atom. The molecule has 0 spiro atoms. The Labute approximate surface area is 223 Å². The monoisotopic (exact) mass is 544 g/mol. The molecule has 1 aliphatic carbocycles. The molecule has 4 rings (SSSR count). The molecule has 0 radical (unpaired) electrons. The Morgan fingerprint density at radius 1 is 0.969 bits per heavy atom. The van der Waals surface area contributed by atoms with Crippen molar-refractivity contribution in [3.8, 4) is 11.1 Å². The van der Waals surface area contributed by atoms with Crippen LogP contribution in [0.4, 0.5) is 0 Å². The normalized spacial score (nSPS) is 10.8. The number of hydrogen-bond donors (Lipinski definition) is 0. The molecule has 0 bridgehead atoms. The number of aryl methyl sites for hydroxylation is 2. The van der Waals surface area contributed by atoms with Crippen LogP contribution < -0.4 is 24.8 Å². The second-order valence-corrected chi connectivity index (χ2v) is 11.6. The van der Waals surface area contributed by atoms with Crippen molar-refractivity contribution in [3.05, 3.63) is 88.5 Å². The van der Waals surface area contributed by atoms with E-state index in [2.05, 4.69) is 103 Å². The second-order valence-electron chi connectivity index (χ2n) is 9.16. The van der Waals surface area contributed by atoms with Crippen LogP contribution in [0, 0.1) is 6.07 Å². The Balaban J connectivity index is 0.000000490. The second kappa shape index (κ2) is 14.4. The number of rotatable bonds is 2. The first-order chi connectivity index (χ1) is 14.2. The summed E-state index contributed by atoms with van der Waals surface area (Å²) in [4.78, 5) is 0. The molecule has 0 saturated heterocycles. The van der Waals surface area contributed by atoms with Gasteiger partial charge in [0.05, 0.1) is 0 Å². The first-order valence-electron chi connectivity index (χ1n) is 11.1. The average molecular weight is 547 g/mol. The maximum atomic E-state index is 3.30. The molecule has 3 aromatic rings.